The van der Waals surface area contributed by atoms with Gasteiger partial charge in [-0.15, -0.1) is 0 Å². The van der Waals surface area contributed by atoms with E-state index in [1.54, 1.807) is 30.3 Å². The Labute approximate surface area is 123 Å². The monoisotopic (exact) mass is 287 g/mol. The van der Waals surface area contributed by atoms with Crippen molar-refractivity contribution < 1.29 is 4.74 Å². The van der Waals surface area contributed by atoms with Crippen molar-refractivity contribution in [1.82, 2.24) is 0 Å². The highest BCUT2D eigenvalue weighted by molar-refractivity contribution is 6.32. The van der Waals surface area contributed by atoms with Crippen molar-refractivity contribution in [2.45, 2.75) is 31.8 Å². The van der Waals surface area contributed by atoms with Crippen molar-refractivity contribution in [3.05, 3.63) is 35.0 Å². The third kappa shape index (κ3) is 3.66. The minimum absolute atomic E-state index is 0.00686. The lowest BCUT2D eigenvalue weighted by Gasteiger charge is -2.14. The smallest absolute Gasteiger partial charge is 0.145 e. The number of allylic oxidation sites excluding steroid dienone is 1. The highest BCUT2D eigenvalue weighted by Crippen LogP contribution is 2.31. The number of nitriles is 2. The average Bonchev–Trinajstić information content (AvgIpc) is 2.96. The van der Waals surface area contributed by atoms with Gasteiger partial charge in [-0.2, -0.15) is 10.5 Å². The van der Waals surface area contributed by atoms with Gasteiger partial charge in [0.1, 0.15) is 23.5 Å². The maximum absolute atomic E-state index is 8.64. The van der Waals surface area contributed by atoms with Gasteiger partial charge in [-0.05, 0) is 43.9 Å². The molecule has 0 amide bonds. The van der Waals surface area contributed by atoms with Gasteiger partial charge in [0.2, 0.25) is 0 Å². The van der Waals surface area contributed by atoms with Crippen LogP contribution in [0.15, 0.2) is 30.0 Å². The summed E-state index contributed by atoms with van der Waals surface area (Å²) in [5, 5.41) is 20.7. The molecule has 0 heterocycles. The molecular formula is C15H14ClN3O. The second-order valence-electron chi connectivity index (χ2n) is 4.60. The van der Waals surface area contributed by atoms with Crippen LogP contribution in [0.4, 0.5) is 5.69 Å². The van der Waals surface area contributed by atoms with Crippen LogP contribution in [0.2, 0.25) is 5.02 Å². The first-order valence-corrected chi connectivity index (χ1v) is 6.84. The molecule has 0 aromatic heterocycles. The maximum Gasteiger partial charge on any atom is 0.145 e. The van der Waals surface area contributed by atoms with Crippen molar-refractivity contribution in [2.75, 3.05) is 5.32 Å². The van der Waals surface area contributed by atoms with Crippen LogP contribution in [0.25, 0.3) is 0 Å². The molecule has 5 heteroatoms. The minimum Gasteiger partial charge on any atom is -0.489 e. The number of hydrogen-bond acceptors (Lipinski definition) is 4. The molecule has 0 bridgehead atoms. The molecular weight excluding hydrogens is 274 g/mol. The van der Waals surface area contributed by atoms with Gasteiger partial charge in [-0.25, -0.2) is 0 Å². The number of anilines is 1. The molecule has 0 atom stereocenters. The number of hydrogen-bond donors (Lipinski definition) is 1. The molecule has 102 valence electrons. The lowest BCUT2D eigenvalue weighted by molar-refractivity contribution is 0.210. The van der Waals surface area contributed by atoms with Crippen LogP contribution in [-0.2, 0) is 0 Å². The summed E-state index contributed by atoms with van der Waals surface area (Å²) in [6, 6.07) is 8.87. The zero-order chi connectivity index (χ0) is 14.4. The van der Waals surface area contributed by atoms with E-state index in [1.165, 1.54) is 19.0 Å². The van der Waals surface area contributed by atoms with Crippen LogP contribution in [0.3, 0.4) is 0 Å². The standard InChI is InChI=1S/C15H14ClN3O/c16-14-7-12(19-10-11(8-17)9-18)5-6-15(14)20-13-3-1-2-4-13/h5-7,10,13,19H,1-4H2. The summed E-state index contributed by atoms with van der Waals surface area (Å²) in [7, 11) is 0. The second-order valence-corrected chi connectivity index (χ2v) is 5.00. The van der Waals surface area contributed by atoms with Crippen molar-refractivity contribution >= 4 is 17.3 Å². The molecule has 2 rings (SSSR count). The van der Waals surface area contributed by atoms with Crippen molar-refractivity contribution in [3.8, 4) is 17.9 Å². The SMILES string of the molecule is N#CC(C#N)=CNc1ccc(OC2CCCC2)c(Cl)c1. The van der Waals surface area contributed by atoms with E-state index in [4.69, 9.17) is 26.9 Å². The molecule has 0 radical (unpaired) electrons. The van der Waals surface area contributed by atoms with Crippen LogP contribution < -0.4 is 10.1 Å². The highest BCUT2D eigenvalue weighted by Gasteiger charge is 2.17. The van der Waals surface area contributed by atoms with E-state index < -0.39 is 0 Å². The fourth-order valence-electron chi connectivity index (χ4n) is 2.12. The van der Waals surface area contributed by atoms with Gasteiger partial charge in [-0.3, -0.25) is 0 Å². The van der Waals surface area contributed by atoms with Gasteiger partial charge < -0.3 is 10.1 Å². The number of rotatable bonds is 4. The van der Waals surface area contributed by atoms with E-state index in [1.807, 2.05) is 0 Å². The van der Waals surface area contributed by atoms with Crippen molar-refractivity contribution in [1.29, 1.82) is 10.5 Å². The molecule has 20 heavy (non-hydrogen) atoms. The van der Waals surface area contributed by atoms with E-state index in [2.05, 4.69) is 5.32 Å². The fourth-order valence-corrected chi connectivity index (χ4v) is 2.34. The predicted octanol–water partition coefficient (Wildman–Crippen LogP) is 4.00. The van der Waals surface area contributed by atoms with Gasteiger partial charge in [0, 0.05) is 11.9 Å². The van der Waals surface area contributed by atoms with Crippen LogP contribution >= 0.6 is 11.6 Å². The third-order valence-corrected chi connectivity index (χ3v) is 3.45. The Balaban J connectivity index is 2.04. The Bertz CT molecular complexity index is 576. The molecule has 1 N–H and O–H groups in total. The van der Waals surface area contributed by atoms with E-state index in [0.717, 1.165) is 12.8 Å². The van der Waals surface area contributed by atoms with Crippen LogP contribution in [-0.4, -0.2) is 6.10 Å². The van der Waals surface area contributed by atoms with Gasteiger partial charge in [-0.1, -0.05) is 11.6 Å². The van der Waals surface area contributed by atoms with E-state index in [0.29, 0.717) is 16.5 Å². The van der Waals surface area contributed by atoms with E-state index >= 15 is 0 Å². The molecule has 1 fully saturated rings. The summed E-state index contributed by atoms with van der Waals surface area (Å²) in [6.45, 7) is 0. The highest BCUT2D eigenvalue weighted by atomic mass is 35.5. The normalized spacial score (nSPS) is 14.2. The Morgan fingerprint density at radius 2 is 2.00 bits per heavy atom. The van der Waals surface area contributed by atoms with Gasteiger partial charge in [0.05, 0.1) is 11.1 Å². The first-order valence-electron chi connectivity index (χ1n) is 6.46. The molecule has 1 aromatic carbocycles. The molecule has 1 aliphatic carbocycles. The summed E-state index contributed by atoms with van der Waals surface area (Å²) in [5.74, 6) is 0.675. The zero-order valence-corrected chi connectivity index (χ0v) is 11.7. The Morgan fingerprint density at radius 3 is 2.60 bits per heavy atom. The van der Waals surface area contributed by atoms with E-state index in [-0.39, 0.29) is 11.7 Å². The Kier molecular flexibility index (Phi) is 4.87. The third-order valence-electron chi connectivity index (χ3n) is 3.15. The summed E-state index contributed by atoms with van der Waals surface area (Å²) >= 11 is 6.18. The fraction of sp³-hybridized carbons (Fsp3) is 0.333. The number of nitrogens with zero attached hydrogens (tertiary/aromatic N) is 2. The summed E-state index contributed by atoms with van der Waals surface area (Å²) in [6.07, 6.45) is 6.17. The zero-order valence-electron chi connectivity index (χ0n) is 10.9. The molecule has 1 aliphatic rings. The topological polar surface area (TPSA) is 68.8 Å². The number of halogens is 1. The van der Waals surface area contributed by atoms with Gasteiger partial charge >= 0.3 is 0 Å². The lowest BCUT2D eigenvalue weighted by atomic mass is 10.2. The van der Waals surface area contributed by atoms with E-state index in [9.17, 15) is 0 Å². The van der Waals surface area contributed by atoms with Crippen LogP contribution in [0.5, 0.6) is 5.75 Å². The quantitative estimate of drug-likeness (QED) is 0.850. The van der Waals surface area contributed by atoms with Crippen molar-refractivity contribution in [2.24, 2.45) is 0 Å². The lowest BCUT2D eigenvalue weighted by Crippen LogP contribution is -2.11. The Hall–Kier alpha value is -2.17. The van der Waals surface area contributed by atoms with Crippen LogP contribution in [0.1, 0.15) is 25.7 Å². The van der Waals surface area contributed by atoms with Gasteiger partial charge in [0.25, 0.3) is 0 Å². The Morgan fingerprint density at radius 1 is 1.30 bits per heavy atom. The number of benzene rings is 1. The summed E-state index contributed by atoms with van der Waals surface area (Å²) < 4.78 is 5.85. The van der Waals surface area contributed by atoms with Crippen molar-refractivity contribution in [3.63, 3.8) is 0 Å². The summed E-state index contributed by atoms with van der Waals surface area (Å²) in [5.41, 5.74) is 0.712. The molecule has 0 unspecified atom stereocenters. The first-order chi connectivity index (χ1) is 9.72. The molecule has 1 saturated carbocycles. The molecule has 4 nitrogen and oxygen atoms in total. The largest absolute Gasteiger partial charge is 0.489 e. The summed E-state index contributed by atoms with van der Waals surface area (Å²) in [4.78, 5) is 0. The molecule has 0 saturated heterocycles. The molecule has 0 aliphatic heterocycles. The first kappa shape index (κ1) is 14.2. The van der Waals surface area contributed by atoms with Gasteiger partial charge in [0.15, 0.2) is 0 Å². The van der Waals surface area contributed by atoms with Crippen LogP contribution in [0, 0.1) is 22.7 Å². The second kappa shape index (κ2) is 6.84. The predicted molar refractivity (Wildman–Crippen MR) is 77.3 cm³/mol. The number of nitrogens with one attached hydrogen (secondary N) is 1. The molecule has 0 spiro atoms. The number of ether oxygens (including phenoxy) is 1. The maximum atomic E-state index is 8.64. The average molecular weight is 288 g/mol. The minimum atomic E-state index is 0.00686. The molecule has 1 aromatic rings.